The van der Waals surface area contributed by atoms with Gasteiger partial charge in [-0.1, -0.05) is 13.3 Å². The standard InChI is InChI=1S/C12H24N2O2/c1-3-7-12(2,16)9-14-11(15)6-8-13-10-4-5-10/h10,13,16H,3-9H2,1-2H3,(H,14,15). The Bertz CT molecular complexity index is 225. The molecular formula is C12H24N2O2. The van der Waals surface area contributed by atoms with Gasteiger partial charge in [-0.2, -0.15) is 0 Å². The molecule has 0 radical (unpaired) electrons. The molecule has 1 unspecified atom stereocenters. The van der Waals surface area contributed by atoms with Gasteiger partial charge in [0, 0.05) is 25.6 Å². The third-order valence-electron chi connectivity index (χ3n) is 2.82. The summed E-state index contributed by atoms with van der Waals surface area (Å²) in [6, 6.07) is 0.649. The fourth-order valence-electron chi connectivity index (χ4n) is 1.68. The first-order chi connectivity index (χ1) is 7.53. The number of hydrogen-bond acceptors (Lipinski definition) is 3. The maximum Gasteiger partial charge on any atom is 0.221 e. The highest BCUT2D eigenvalue weighted by Crippen LogP contribution is 2.18. The zero-order chi connectivity index (χ0) is 12.0. The van der Waals surface area contributed by atoms with Crippen molar-refractivity contribution in [2.75, 3.05) is 13.1 Å². The van der Waals surface area contributed by atoms with E-state index in [1.54, 1.807) is 6.92 Å². The molecule has 1 aliphatic rings. The normalized spacial score (nSPS) is 19.2. The van der Waals surface area contributed by atoms with Gasteiger partial charge in [0.15, 0.2) is 0 Å². The second-order valence-electron chi connectivity index (χ2n) is 5.00. The van der Waals surface area contributed by atoms with Crippen LogP contribution in [0.1, 0.15) is 46.0 Å². The van der Waals surface area contributed by atoms with E-state index in [1.165, 1.54) is 12.8 Å². The van der Waals surface area contributed by atoms with Gasteiger partial charge in [0.1, 0.15) is 0 Å². The van der Waals surface area contributed by atoms with Gasteiger partial charge in [-0.05, 0) is 26.2 Å². The number of rotatable bonds is 8. The van der Waals surface area contributed by atoms with Gasteiger partial charge in [0.25, 0.3) is 0 Å². The smallest absolute Gasteiger partial charge is 0.221 e. The molecule has 0 aromatic heterocycles. The fourth-order valence-corrected chi connectivity index (χ4v) is 1.68. The Hall–Kier alpha value is -0.610. The zero-order valence-corrected chi connectivity index (χ0v) is 10.4. The van der Waals surface area contributed by atoms with E-state index in [0.29, 0.717) is 25.4 Å². The Labute approximate surface area is 97.8 Å². The Kier molecular flexibility index (Phi) is 5.22. The van der Waals surface area contributed by atoms with E-state index in [9.17, 15) is 9.90 Å². The van der Waals surface area contributed by atoms with Crippen molar-refractivity contribution < 1.29 is 9.90 Å². The van der Waals surface area contributed by atoms with Crippen molar-refractivity contribution in [2.45, 2.75) is 57.6 Å². The van der Waals surface area contributed by atoms with E-state index in [1.807, 2.05) is 6.92 Å². The van der Waals surface area contributed by atoms with Crippen LogP contribution in [0.2, 0.25) is 0 Å². The summed E-state index contributed by atoms with van der Waals surface area (Å²) in [5.74, 6) is 0.0181. The van der Waals surface area contributed by atoms with Crippen LogP contribution in [0.15, 0.2) is 0 Å². The van der Waals surface area contributed by atoms with Gasteiger partial charge in [0.05, 0.1) is 5.60 Å². The van der Waals surface area contributed by atoms with Crippen molar-refractivity contribution in [3.8, 4) is 0 Å². The van der Waals surface area contributed by atoms with Crippen LogP contribution in [0, 0.1) is 0 Å². The molecule has 0 aliphatic heterocycles. The van der Waals surface area contributed by atoms with Gasteiger partial charge in [0.2, 0.25) is 5.91 Å². The van der Waals surface area contributed by atoms with Gasteiger partial charge in [-0.15, -0.1) is 0 Å². The number of nitrogens with one attached hydrogen (secondary N) is 2. The summed E-state index contributed by atoms with van der Waals surface area (Å²) in [5, 5.41) is 15.9. The van der Waals surface area contributed by atoms with E-state index < -0.39 is 5.60 Å². The first kappa shape index (κ1) is 13.5. The quantitative estimate of drug-likeness (QED) is 0.576. The van der Waals surface area contributed by atoms with Crippen molar-refractivity contribution in [2.24, 2.45) is 0 Å². The lowest BCUT2D eigenvalue weighted by Crippen LogP contribution is -2.41. The second kappa shape index (κ2) is 6.21. The average molecular weight is 228 g/mol. The first-order valence-corrected chi connectivity index (χ1v) is 6.26. The molecule has 3 N–H and O–H groups in total. The molecule has 0 aromatic rings. The Morgan fingerprint density at radius 3 is 2.75 bits per heavy atom. The molecule has 4 heteroatoms. The third-order valence-corrected chi connectivity index (χ3v) is 2.82. The van der Waals surface area contributed by atoms with Crippen molar-refractivity contribution in [3.63, 3.8) is 0 Å². The molecule has 0 spiro atoms. The lowest BCUT2D eigenvalue weighted by Gasteiger charge is -2.22. The number of hydrogen-bond donors (Lipinski definition) is 3. The largest absolute Gasteiger partial charge is 0.388 e. The van der Waals surface area contributed by atoms with E-state index >= 15 is 0 Å². The maximum atomic E-state index is 11.4. The average Bonchev–Trinajstić information content (AvgIpc) is 2.99. The van der Waals surface area contributed by atoms with Crippen molar-refractivity contribution in [1.82, 2.24) is 10.6 Å². The lowest BCUT2D eigenvalue weighted by molar-refractivity contribution is -0.122. The second-order valence-corrected chi connectivity index (χ2v) is 5.00. The molecule has 1 rings (SSSR count). The van der Waals surface area contributed by atoms with Crippen molar-refractivity contribution in [3.05, 3.63) is 0 Å². The minimum Gasteiger partial charge on any atom is -0.388 e. The monoisotopic (exact) mass is 228 g/mol. The molecule has 0 saturated heterocycles. The summed E-state index contributed by atoms with van der Waals surface area (Å²) in [6.07, 6.45) is 4.62. The van der Waals surface area contributed by atoms with Gasteiger partial charge >= 0.3 is 0 Å². The Morgan fingerprint density at radius 2 is 2.19 bits per heavy atom. The molecule has 1 saturated carbocycles. The minimum atomic E-state index is -0.770. The number of carbonyl (C=O) groups excluding carboxylic acids is 1. The van der Waals surface area contributed by atoms with Crippen LogP contribution < -0.4 is 10.6 Å². The minimum absolute atomic E-state index is 0.0181. The van der Waals surface area contributed by atoms with E-state index in [4.69, 9.17) is 0 Å². The van der Waals surface area contributed by atoms with E-state index in [2.05, 4.69) is 10.6 Å². The molecule has 1 aliphatic carbocycles. The van der Waals surface area contributed by atoms with Crippen LogP contribution in [0.5, 0.6) is 0 Å². The molecule has 16 heavy (non-hydrogen) atoms. The van der Waals surface area contributed by atoms with Crippen LogP contribution in [0.25, 0.3) is 0 Å². The summed E-state index contributed by atoms with van der Waals surface area (Å²) >= 11 is 0. The predicted molar refractivity (Wildman–Crippen MR) is 64.2 cm³/mol. The zero-order valence-electron chi connectivity index (χ0n) is 10.4. The molecule has 94 valence electrons. The van der Waals surface area contributed by atoms with Crippen LogP contribution in [-0.4, -0.2) is 35.7 Å². The summed E-state index contributed by atoms with van der Waals surface area (Å²) < 4.78 is 0. The highest BCUT2D eigenvalue weighted by atomic mass is 16.3. The number of carbonyl (C=O) groups is 1. The first-order valence-electron chi connectivity index (χ1n) is 6.26. The van der Waals surface area contributed by atoms with Gasteiger partial charge in [-0.25, -0.2) is 0 Å². The predicted octanol–water partition coefficient (Wildman–Crippen LogP) is 0.796. The highest BCUT2D eigenvalue weighted by Gasteiger charge is 2.21. The van der Waals surface area contributed by atoms with E-state index in [0.717, 1.165) is 13.0 Å². The van der Waals surface area contributed by atoms with Crippen LogP contribution in [0.4, 0.5) is 0 Å². The van der Waals surface area contributed by atoms with Crippen molar-refractivity contribution in [1.29, 1.82) is 0 Å². The topological polar surface area (TPSA) is 61.4 Å². The summed E-state index contributed by atoms with van der Waals surface area (Å²) in [6.45, 7) is 4.88. The Morgan fingerprint density at radius 1 is 1.50 bits per heavy atom. The molecule has 1 atom stereocenters. The molecule has 0 aromatic carbocycles. The van der Waals surface area contributed by atoms with Gasteiger partial charge < -0.3 is 15.7 Å². The summed E-state index contributed by atoms with van der Waals surface area (Å²) in [5.41, 5.74) is -0.770. The molecule has 1 fully saturated rings. The fraction of sp³-hybridized carbons (Fsp3) is 0.917. The van der Waals surface area contributed by atoms with Crippen LogP contribution in [-0.2, 0) is 4.79 Å². The Balaban J connectivity index is 2.03. The molecular weight excluding hydrogens is 204 g/mol. The molecule has 0 heterocycles. The molecule has 1 amide bonds. The third kappa shape index (κ3) is 6.08. The SMILES string of the molecule is CCCC(C)(O)CNC(=O)CCNC1CC1. The van der Waals surface area contributed by atoms with Crippen molar-refractivity contribution >= 4 is 5.91 Å². The lowest BCUT2D eigenvalue weighted by atomic mass is 10.0. The maximum absolute atomic E-state index is 11.4. The number of amides is 1. The molecule has 0 bridgehead atoms. The summed E-state index contributed by atoms with van der Waals surface area (Å²) in [4.78, 5) is 11.4. The highest BCUT2D eigenvalue weighted by molar-refractivity contribution is 5.76. The summed E-state index contributed by atoms with van der Waals surface area (Å²) in [7, 11) is 0. The molecule has 4 nitrogen and oxygen atoms in total. The number of aliphatic hydroxyl groups is 1. The van der Waals surface area contributed by atoms with E-state index in [-0.39, 0.29) is 5.91 Å². The van der Waals surface area contributed by atoms with Gasteiger partial charge in [-0.3, -0.25) is 4.79 Å². The van der Waals surface area contributed by atoms with Crippen LogP contribution >= 0.6 is 0 Å². The van der Waals surface area contributed by atoms with Crippen LogP contribution in [0.3, 0.4) is 0 Å².